The van der Waals surface area contributed by atoms with Crippen LogP contribution in [0.3, 0.4) is 0 Å². The van der Waals surface area contributed by atoms with Crippen molar-refractivity contribution in [3.05, 3.63) is 65.2 Å². The van der Waals surface area contributed by atoms with E-state index in [1.54, 1.807) is 45.0 Å². The molecule has 0 heterocycles. The third-order valence-corrected chi connectivity index (χ3v) is 5.53. The molecule has 2 N–H and O–H groups in total. The number of carbonyl (C=O) groups is 3. The Kier molecular flexibility index (Phi) is 9.78. The van der Waals surface area contributed by atoms with Crippen LogP contribution in [0.2, 0.25) is 0 Å². The van der Waals surface area contributed by atoms with Gasteiger partial charge < -0.3 is 15.4 Å². The number of rotatable bonds is 8. The highest BCUT2D eigenvalue weighted by Crippen LogP contribution is 2.25. The Hall–Kier alpha value is -3.44. The van der Waals surface area contributed by atoms with Crippen molar-refractivity contribution < 1.29 is 19.1 Å². The van der Waals surface area contributed by atoms with Crippen LogP contribution < -0.4 is 10.6 Å². The highest BCUT2D eigenvalue weighted by molar-refractivity contribution is 7.80. The van der Waals surface area contributed by atoms with E-state index in [2.05, 4.69) is 29.3 Å². The van der Waals surface area contributed by atoms with Crippen LogP contribution >= 0.6 is 12.6 Å². The van der Waals surface area contributed by atoms with Crippen LogP contribution in [0.25, 0.3) is 0 Å². The monoisotopic (exact) mass is 495 g/mol. The quantitative estimate of drug-likeness (QED) is 0.286. The number of nitrogens with zero attached hydrogens (tertiary/aromatic N) is 1. The molecular weight excluding hydrogens is 462 g/mol. The second kappa shape index (κ2) is 12.3. The van der Waals surface area contributed by atoms with E-state index in [0.29, 0.717) is 11.3 Å². The summed E-state index contributed by atoms with van der Waals surface area (Å²) in [6, 6.07) is 14.7. The molecule has 2 aromatic carbocycles. The molecule has 0 aliphatic carbocycles. The lowest BCUT2D eigenvalue weighted by atomic mass is 10.0. The minimum absolute atomic E-state index is 0.0445. The number of benzene rings is 2. The van der Waals surface area contributed by atoms with Crippen molar-refractivity contribution in [3.8, 4) is 12.5 Å². The average molecular weight is 496 g/mol. The van der Waals surface area contributed by atoms with Crippen LogP contribution in [0.15, 0.2) is 48.5 Å². The largest absolute Gasteiger partial charge is 0.444 e. The molecule has 35 heavy (non-hydrogen) atoms. The number of amides is 3. The van der Waals surface area contributed by atoms with E-state index in [4.69, 9.17) is 11.2 Å². The van der Waals surface area contributed by atoms with E-state index in [9.17, 15) is 14.4 Å². The molecule has 8 heteroatoms. The predicted octanol–water partition coefficient (Wildman–Crippen LogP) is 4.48. The second-order valence-electron chi connectivity index (χ2n) is 9.02. The molecule has 2 aromatic rings. The summed E-state index contributed by atoms with van der Waals surface area (Å²) in [6.45, 7) is 9.03. The lowest BCUT2D eigenvalue weighted by Gasteiger charge is -2.30. The van der Waals surface area contributed by atoms with Crippen molar-refractivity contribution in [1.29, 1.82) is 0 Å². The summed E-state index contributed by atoms with van der Waals surface area (Å²) in [5.41, 5.74) is 2.32. The standard InChI is InChI=1S/C27H33N3O4S/c1-7-19-13-15-20(16-14-19)23(24(31)28-21-12-10-9-11-18(21)3)30(8-2)25(32)22(17-35)29-26(33)34-27(4,5)6/h2,9-16,22-23,35H,7,17H2,1,3-6H3,(H,28,31)(H,29,33). The van der Waals surface area contributed by atoms with Crippen molar-refractivity contribution in [2.24, 2.45) is 0 Å². The van der Waals surface area contributed by atoms with E-state index < -0.39 is 35.6 Å². The SMILES string of the molecule is C#CN(C(=O)C(CS)NC(=O)OC(C)(C)C)C(C(=O)Nc1ccccc1C)c1ccc(CC)cc1. The summed E-state index contributed by atoms with van der Waals surface area (Å²) in [7, 11) is 0. The third-order valence-electron chi connectivity index (χ3n) is 5.16. The van der Waals surface area contributed by atoms with Crippen LogP contribution in [-0.4, -0.2) is 40.2 Å². The van der Waals surface area contributed by atoms with Crippen LogP contribution in [0, 0.1) is 19.4 Å². The highest BCUT2D eigenvalue weighted by Gasteiger charge is 2.35. The molecule has 0 fully saturated rings. The number of para-hydroxylation sites is 1. The van der Waals surface area contributed by atoms with Crippen molar-refractivity contribution in [1.82, 2.24) is 10.2 Å². The van der Waals surface area contributed by atoms with Gasteiger partial charge in [0.25, 0.3) is 11.8 Å². The van der Waals surface area contributed by atoms with Crippen molar-refractivity contribution in [2.75, 3.05) is 11.1 Å². The number of thiol groups is 1. The fraction of sp³-hybridized carbons (Fsp3) is 0.370. The zero-order chi connectivity index (χ0) is 26.2. The Morgan fingerprint density at radius 3 is 2.26 bits per heavy atom. The van der Waals surface area contributed by atoms with E-state index in [-0.39, 0.29) is 5.75 Å². The molecule has 0 radical (unpaired) electrons. The Morgan fingerprint density at radius 1 is 1.11 bits per heavy atom. The van der Waals surface area contributed by atoms with Crippen molar-refractivity contribution >= 4 is 36.2 Å². The summed E-state index contributed by atoms with van der Waals surface area (Å²) in [5.74, 6) is -1.18. The summed E-state index contributed by atoms with van der Waals surface area (Å²) < 4.78 is 5.26. The highest BCUT2D eigenvalue weighted by atomic mass is 32.1. The molecule has 0 aromatic heterocycles. The Labute approximate surface area is 213 Å². The van der Waals surface area contributed by atoms with Crippen molar-refractivity contribution in [2.45, 2.75) is 58.7 Å². The average Bonchev–Trinajstić information content (AvgIpc) is 2.81. The van der Waals surface area contributed by atoms with Crippen LogP contribution in [0.1, 0.15) is 50.4 Å². The predicted molar refractivity (Wildman–Crippen MR) is 141 cm³/mol. The first-order valence-electron chi connectivity index (χ1n) is 11.4. The molecule has 7 nitrogen and oxygen atoms in total. The lowest BCUT2D eigenvalue weighted by molar-refractivity contribution is -0.136. The van der Waals surface area contributed by atoms with Crippen LogP contribution in [0.5, 0.6) is 0 Å². The Morgan fingerprint density at radius 2 is 1.74 bits per heavy atom. The summed E-state index contributed by atoms with van der Waals surface area (Å²) in [4.78, 5) is 40.3. The normalized spacial score (nSPS) is 12.6. The second-order valence-corrected chi connectivity index (χ2v) is 9.39. The number of alkyl carbamates (subject to hydrolysis) is 1. The fourth-order valence-corrected chi connectivity index (χ4v) is 3.58. The van der Waals surface area contributed by atoms with Gasteiger partial charge >= 0.3 is 6.09 Å². The molecule has 0 aliphatic rings. The maximum absolute atomic E-state index is 13.5. The van der Waals surface area contributed by atoms with Gasteiger partial charge in [-0.2, -0.15) is 12.6 Å². The number of terminal acetylenes is 1. The van der Waals surface area contributed by atoms with E-state index >= 15 is 0 Å². The first-order valence-corrected chi connectivity index (χ1v) is 12.0. The topological polar surface area (TPSA) is 87.7 Å². The summed E-state index contributed by atoms with van der Waals surface area (Å²) in [6.07, 6.45) is 5.80. The Bertz CT molecular complexity index is 1090. The number of hydrogen-bond donors (Lipinski definition) is 3. The Balaban J connectivity index is 2.41. The number of aryl methyl sites for hydroxylation is 2. The molecule has 3 amide bonds. The van der Waals surface area contributed by atoms with Crippen LogP contribution in [-0.2, 0) is 20.7 Å². The van der Waals surface area contributed by atoms with E-state index in [0.717, 1.165) is 22.4 Å². The van der Waals surface area contributed by atoms with Gasteiger partial charge in [-0.25, -0.2) is 4.79 Å². The minimum atomic E-state index is -1.14. The number of anilines is 1. The molecule has 0 bridgehead atoms. The van der Waals surface area contributed by atoms with Crippen molar-refractivity contribution in [3.63, 3.8) is 0 Å². The number of ether oxygens (including phenoxy) is 1. The van der Waals surface area contributed by atoms with Gasteiger partial charge in [0.05, 0.1) is 0 Å². The van der Waals surface area contributed by atoms with Gasteiger partial charge in [-0.3, -0.25) is 14.5 Å². The molecular formula is C27H33N3O4S. The van der Waals surface area contributed by atoms with Crippen LogP contribution in [0.4, 0.5) is 10.5 Å². The first kappa shape index (κ1) is 27.8. The first-order chi connectivity index (χ1) is 16.5. The van der Waals surface area contributed by atoms with Gasteiger partial charge in [-0.15, -0.1) is 0 Å². The molecule has 0 saturated carbocycles. The lowest BCUT2D eigenvalue weighted by Crippen LogP contribution is -2.51. The summed E-state index contributed by atoms with van der Waals surface area (Å²) in [5, 5.41) is 5.38. The third kappa shape index (κ3) is 7.79. The molecule has 0 spiro atoms. The smallest absolute Gasteiger partial charge is 0.408 e. The zero-order valence-corrected chi connectivity index (χ0v) is 21.7. The van der Waals surface area contributed by atoms with Gasteiger partial charge in [0, 0.05) is 17.5 Å². The number of hydrogen-bond acceptors (Lipinski definition) is 5. The van der Waals surface area contributed by atoms with Gasteiger partial charge in [0.2, 0.25) is 0 Å². The van der Waals surface area contributed by atoms with E-state index in [1.165, 1.54) is 0 Å². The zero-order valence-electron chi connectivity index (χ0n) is 20.8. The van der Waals surface area contributed by atoms with E-state index in [1.807, 2.05) is 38.1 Å². The number of nitrogens with one attached hydrogen (secondary N) is 2. The number of carbonyl (C=O) groups excluding carboxylic acids is 3. The van der Waals surface area contributed by atoms with Gasteiger partial charge in [0.1, 0.15) is 17.7 Å². The maximum Gasteiger partial charge on any atom is 0.408 e. The fourth-order valence-electron chi connectivity index (χ4n) is 3.34. The molecule has 2 atom stereocenters. The molecule has 0 saturated heterocycles. The van der Waals surface area contributed by atoms with Gasteiger partial charge in [-0.1, -0.05) is 55.8 Å². The summed E-state index contributed by atoms with van der Waals surface area (Å²) >= 11 is 4.21. The molecule has 2 rings (SSSR count). The van der Waals surface area contributed by atoms with Gasteiger partial charge in [-0.05, 0) is 56.9 Å². The van der Waals surface area contributed by atoms with Gasteiger partial charge in [0.15, 0.2) is 0 Å². The molecule has 186 valence electrons. The maximum atomic E-state index is 13.5. The molecule has 2 unspecified atom stereocenters. The minimum Gasteiger partial charge on any atom is -0.444 e. The molecule has 0 aliphatic heterocycles.